The van der Waals surface area contributed by atoms with Crippen molar-refractivity contribution < 1.29 is 9.21 Å². The van der Waals surface area contributed by atoms with Gasteiger partial charge in [-0.15, -0.1) is 11.3 Å². The van der Waals surface area contributed by atoms with Gasteiger partial charge in [-0.25, -0.2) is 4.99 Å². The monoisotopic (exact) mass is 356 g/mol. The van der Waals surface area contributed by atoms with E-state index < -0.39 is 0 Å². The van der Waals surface area contributed by atoms with E-state index in [1.54, 1.807) is 17.7 Å². The highest BCUT2D eigenvalue weighted by Crippen LogP contribution is 2.35. The molecule has 1 atom stereocenters. The predicted octanol–water partition coefficient (Wildman–Crippen LogP) is 3.66. The van der Waals surface area contributed by atoms with E-state index >= 15 is 0 Å². The third-order valence-electron chi connectivity index (χ3n) is 4.47. The van der Waals surface area contributed by atoms with Gasteiger partial charge in [0.15, 0.2) is 0 Å². The molecule has 0 saturated heterocycles. The van der Waals surface area contributed by atoms with Crippen LogP contribution in [-0.2, 0) is 0 Å². The third kappa shape index (κ3) is 2.78. The first-order valence-electron chi connectivity index (χ1n) is 8.52. The quantitative estimate of drug-likeness (QED) is 0.889. The molecule has 0 saturated carbocycles. The third-order valence-corrected chi connectivity index (χ3v) is 5.46. The number of carbonyl (C=O) groups excluding carboxylic acids is 1. The van der Waals surface area contributed by atoms with Crippen LogP contribution in [0.3, 0.4) is 0 Å². The molecule has 2 aromatic rings. The number of aliphatic imine (C=N–C) groups is 2. The van der Waals surface area contributed by atoms with Crippen molar-refractivity contribution >= 4 is 35.3 Å². The van der Waals surface area contributed by atoms with Crippen molar-refractivity contribution in [2.45, 2.75) is 32.7 Å². The minimum atomic E-state index is -0.124. The van der Waals surface area contributed by atoms with Crippen LogP contribution in [0.25, 0.3) is 0 Å². The van der Waals surface area contributed by atoms with Crippen LogP contribution in [0, 0.1) is 6.92 Å². The number of hydrogen-bond donors (Lipinski definition) is 1. The van der Waals surface area contributed by atoms with Gasteiger partial charge in [-0.3, -0.25) is 9.79 Å². The number of hydrogen-bond acceptors (Lipinski definition) is 6. The summed E-state index contributed by atoms with van der Waals surface area (Å²) in [4.78, 5) is 25.1. The number of amidine groups is 1. The summed E-state index contributed by atoms with van der Waals surface area (Å²) in [6, 6.07) is 4.09. The van der Waals surface area contributed by atoms with E-state index in [4.69, 9.17) is 4.42 Å². The summed E-state index contributed by atoms with van der Waals surface area (Å²) in [6.07, 6.45) is 3.62. The highest BCUT2D eigenvalue weighted by atomic mass is 32.1. The summed E-state index contributed by atoms with van der Waals surface area (Å²) < 4.78 is 5.74. The normalized spacial score (nSPS) is 16.4. The molecule has 2 aromatic heterocycles. The molecular formula is C18H20N4O2S. The van der Waals surface area contributed by atoms with Gasteiger partial charge < -0.3 is 14.6 Å². The lowest BCUT2D eigenvalue weighted by Gasteiger charge is -2.20. The van der Waals surface area contributed by atoms with Gasteiger partial charge in [-0.1, -0.05) is 19.4 Å². The maximum atomic E-state index is 13.1. The minimum Gasteiger partial charge on any atom is -0.442 e. The Morgan fingerprint density at radius 2 is 2.40 bits per heavy atom. The number of fused-ring (bicyclic) bond motifs is 3. The SMILES string of the molecule is CCCC(NC(=O)c1c(C)oc2c1C1=NCCN1C=N2)c1cccs1. The van der Waals surface area contributed by atoms with Crippen molar-refractivity contribution in [3.8, 4) is 0 Å². The van der Waals surface area contributed by atoms with Gasteiger partial charge in [-0.2, -0.15) is 0 Å². The van der Waals surface area contributed by atoms with Gasteiger partial charge in [0.05, 0.1) is 23.7 Å². The van der Waals surface area contributed by atoms with Crippen molar-refractivity contribution in [1.82, 2.24) is 10.2 Å². The lowest BCUT2D eigenvalue weighted by atomic mass is 10.1. The Kier molecular flexibility index (Phi) is 4.17. The Morgan fingerprint density at radius 1 is 1.52 bits per heavy atom. The number of thiophene rings is 1. The second-order valence-electron chi connectivity index (χ2n) is 6.19. The minimum absolute atomic E-state index is 0.0103. The molecule has 1 unspecified atom stereocenters. The molecule has 25 heavy (non-hydrogen) atoms. The summed E-state index contributed by atoms with van der Waals surface area (Å²) in [5.41, 5.74) is 1.27. The number of furan rings is 1. The van der Waals surface area contributed by atoms with E-state index in [-0.39, 0.29) is 11.9 Å². The molecule has 130 valence electrons. The Hall–Kier alpha value is -2.41. The van der Waals surface area contributed by atoms with Gasteiger partial charge in [0.1, 0.15) is 17.9 Å². The van der Waals surface area contributed by atoms with Crippen LogP contribution in [0.2, 0.25) is 0 Å². The highest BCUT2D eigenvalue weighted by Gasteiger charge is 2.34. The molecule has 4 rings (SSSR count). The molecule has 6 nitrogen and oxygen atoms in total. The fourth-order valence-corrected chi connectivity index (χ4v) is 4.13. The van der Waals surface area contributed by atoms with Crippen molar-refractivity contribution in [2.24, 2.45) is 9.98 Å². The van der Waals surface area contributed by atoms with E-state index in [1.165, 1.54) is 4.88 Å². The average molecular weight is 356 g/mol. The molecule has 2 aliphatic heterocycles. The molecule has 0 radical (unpaired) electrons. The molecular weight excluding hydrogens is 336 g/mol. The molecule has 0 fully saturated rings. The zero-order valence-corrected chi connectivity index (χ0v) is 15.1. The maximum absolute atomic E-state index is 13.1. The first-order valence-corrected chi connectivity index (χ1v) is 9.40. The second kappa shape index (κ2) is 6.48. The smallest absolute Gasteiger partial charge is 0.256 e. The Bertz CT molecular complexity index is 851. The van der Waals surface area contributed by atoms with Gasteiger partial charge in [-0.05, 0) is 24.8 Å². The van der Waals surface area contributed by atoms with Crippen molar-refractivity contribution in [2.75, 3.05) is 13.1 Å². The van der Waals surface area contributed by atoms with Crippen LogP contribution in [0.5, 0.6) is 0 Å². The molecule has 1 N–H and O–H groups in total. The molecule has 7 heteroatoms. The zero-order valence-electron chi connectivity index (χ0n) is 14.3. The lowest BCUT2D eigenvalue weighted by molar-refractivity contribution is 0.0933. The summed E-state index contributed by atoms with van der Waals surface area (Å²) in [6.45, 7) is 5.43. The number of carbonyl (C=O) groups is 1. The van der Waals surface area contributed by atoms with E-state index in [0.717, 1.165) is 30.8 Å². The standard InChI is InChI=1S/C18H20N4O2S/c1-3-5-12(13-6-4-9-25-13)21-17(23)14-11(2)24-18-15(14)16-19-7-8-22(16)10-20-18/h4,6,9-10,12H,3,5,7-8H2,1-2H3,(H,21,23). The van der Waals surface area contributed by atoms with Crippen LogP contribution in [0.4, 0.5) is 5.88 Å². The van der Waals surface area contributed by atoms with E-state index in [9.17, 15) is 4.79 Å². The number of amides is 1. The molecule has 0 aliphatic carbocycles. The molecule has 0 spiro atoms. The highest BCUT2D eigenvalue weighted by molar-refractivity contribution is 7.10. The Morgan fingerprint density at radius 3 is 3.16 bits per heavy atom. The first kappa shape index (κ1) is 16.1. The van der Waals surface area contributed by atoms with Crippen LogP contribution in [0.1, 0.15) is 52.4 Å². The second-order valence-corrected chi connectivity index (χ2v) is 7.17. The predicted molar refractivity (Wildman–Crippen MR) is 99.1 cm³/mol. The molecule has 0 aromatic carbocycles. The largest absolute Gasteiger partial charge is 0.442 e. The van der Waals surface area contributed by atoms with Gasteiger partial charge in [0.25, 0.3) is 5.91 Å². The maximum Gasteiger partial charge on any atom is 0.256 e. The van der Waals surface area contributed by atoms with E-state index in [2.05, 4.69) is 28.3 Å². The number of rotatable bonds is 5. The van der Waals surface area contributed by atoms with Crippen molar-refractivity contribution in [3.63, 3.8) is 0 Å². The summed E-state index contributed by atoms with van der Waals surface area (Å²) in [5, 5.41) is 5.22. The number of nitrogens with one attached hydrogen (secondary N) is 1. The van der Waals surface area contributed by atoms with E-state index in [1.807, 2.05) is 23.3 Å². The summed E-state index contributed by atoms with van der Waals surface area (Å²) in [7, 11) is 0. The Labute approximate surface area is 150 Å². The molecule has 2 aliphatic rings. The first-order chi connectivity index (χ1) is 12.2. The molecule has 0 bridgehead atoms. The van der Waals surface area contributed by atoms with Crippen molar-refractivity contribution in [1.29, 1.82) is 0 Å². The zero-order chi connectivity index (χ0) is 17.4. The fourth-order valence-electron chi connectivity index (χ4n) is 3.31. The van der Waals surface area contributed by atoms with Gasteiger partial charge >= 0.3 is 0 Å². The number of aryl methyl sites for hydroxylation is 1. The van der Waals surface area contributed by atoms with E-state index in [0.29, 0.717) is 23.8 Å². The van der Waals surface area contributed by atoms with Crippen LogP contribution in [0.15, 0.2) is 31.9 Å². The lowest BCUT2D eigenvalue weighted by Crippen LogP contribution is -2.33. The van der Waals surface area contributed by atoms with Gasteiger partial charge in [0.2, 0.25) is 5.88 Å². The number of nitrogens with zero attached hydrogens (tertiary/aromatic N) is 3. The Balaban J connectivity index is 1.67. The molecule has 1 amide bonds. The molecule has 4 heterocycles. The summed E-state index contributed by atoms with van der Waals surface area (Å²) >= 11 is 1.67. The van der Waals surface area contributed by atoms with Crippen LogP contribution >= 0.6 is 11.3 Å². The average Bonchev–Trinajstić information content (AvgIpc) is 3.32. The van der Waals surface area contributed by atoms with Crippen LogP contribution in [-0.4, -0.2) is 36.1 Å². The fraction of sp³-hybridized carbons (Fsp3) is 0.389. The topological polar surface area (TPSA) is 70.2 Å². The van der Waals surface area contributed by atoms with Crippen molar-refractivity contribution in [3.05, 3.63) is 39.3 Å². The van der Waals surface area contributed by atoms with Crippen LogP contribution < -0.4 is 5.32 Å². The van der Waals surface area contributed by atoms with Gasteiger partial charge in [0, 0.05) is 11.4 Å². The summed E-state index contributed by atoms with van der Waals surface area (Å²) in [5.74, 6) is 1.72.